The molecular weight excluding hydrogens is 236 g/mol. The second-order valence-electron chi connectivity index (χ2n) is 4.12. The van der Waals surface area contributed by atoms with E-state index in [1.54, 1.807) is 11.4 Å². The van der Waals surface area contributed by atoms with Gasteiger partial charge in [-0.05, 0) is 31.2 Å². The van der Waals surface area contributed by atoms with E-state index in [0.717, 1.165) is 6.42 Å². The Bertz CT molecular complexity index is 436. The third-order valence-electron chi connectivity index (χ3n) is 2.85. The Kier molecular flexibility index (Phi) is 4.67. The summed E-state index contributed by atoms with van der Waals surface area (Å²) in [5, 5.41) is 22.4. The number of nitrogens with one attached hydrogen (secondary N) is 1. The Morgan fingerprint density at radius 2 is 2.41 bits per heavy atom. The van der Waals surface area contributed by atoms with Gasteiger partial charge in [-0.1, -0.05) is 6.92 Å². The number of hydrogen-bond acceptors (Lipinski definition) is 4. The van der Waals surface area contributed by atoms with Gasteiger partial charge in [-0.3, -0.25) is 4.79 Å². The fraction of sp³-hybridized carbons (Fsp3) is 0.500. The molecule has 0 aliphatic rings. The van der Waals surface area contributed by atoms with Crippen molar-refractivity contribution in [1.82, 2.24) is 5.32 Å². The van der Waals surface area contributed by atoms with E-state index in [1.165, 1.54) is 11.3 Å². The summed E-state index contributed by atoms with van der Waals surface area (Å²) in [5.41, 5.74) is -0.0299. The van der Waals surface area contributed by atoms with Crippen LogP contribution in [0.5, 0.6) is 0 Å². The van der Waals surface area contributed by atoms with Crippen molar-refractivity contribution in [1.29, 1.82) is 5.26 Å². The molecule has 0 radical (unpaired) electrons. The fourth-order valence-electron chi connectivity index (χ4n) is 1.48. The number of aliphatic hydroxyl groups is 1. The monoisotopic (exact) mass is 252 g/mol. The molecule has 0 spiro atoms. The minimum Gasteiger partial charge on any atom is -0.396 e. The van der Waals surface area contributed by atoms with Crippen LogP contribution in [-0.2, 0) is 0 Å². The minimum atomic E-state index is -0.428. The molecule has 0 aromatic carbocycles. The third-order valence-corrected chi connectivity index (χ3v) is 3.76. The summed E-state index contributed by atoms with van der Waals surface area (Å²) >= 11 is 1.25. The fourth-order valence-corrected chi connectivity index (χ4v) is 2.22. The topological polar surface area (TPSA) is 73.1 Å². The third kappa shape index (κ3) is 3.29. The standard InChI is InChI=1S/C12H16N2O2S/c1-3-12(2,5-6-15)14-11(16)10-9(8-13)4-7-17-10/h4,7,15H,3,5-6H2,1-2H3,(H,14,16). The van der Waals surface area contributed by atoms with E-state index in [2.05, 4.69) is 5.32 Å². The van der Waals surface area contributed by atoms with Crippen molar-refractivity contribution in [3.05, 3.63) is 21.9 Å². The second kappa shape index (κ2) is 5.80. The van der Waals surface area contributed by atoms with E-state index >= 15 is 0 Å². The molecule has 0 fully saturated rings. The number of aliphatic hydroxyl groups excluding tert-OH is 1. The quantitative estimate of drug-likeness (QED) is 0.840. The summed E-state index contributed by atoms with van der Waals surface area (Å²) in [5.74, 6) is -0.241. The van der Waals surface area contributed by atoms with Crippen molar-refractivity contribution >= 4 is 17.2 Å². The first kappa shape index (κ1) is 13.7. The molecule has 0 saturated heterocycles. The van der Waals surface area contributed by atoms with Gasteiger partial charge in [0.05, 0.1) is 5.56 Å². The van der Waals surface area contributed by atoms with Gasteiger partial charge in [-0.2, -0.15) is 5.26 Å². The maximum Gasteiger partial charge on any atom is 0.263 e. The van der Waals surface area contributed by atoms with Crippen molar-refractivity contribution in [2.24, 2.45) is 0 Å². The van der Waals surface area contributed by atoms with Gasteiger partial charge in [0.1, 0.15) is 10.9 Å². The Hall–Kier alpha value is -1.38. The second-order valence-corrected chi connectivity index (χ2v) is 5.03. The molecule has 4 nitrogen and oxygen atoms in total. The van der Waals surface area contributed by atoms with Crippen molar-refractivity contribution in [2.75, 3.05) is 6.61 Å². The smallest absolute Gasteiger partial charge is 0.263 e. The van der Waals surface area contributed by atoms with Crippen LogP contribution in [-0.4, -0.2) is 23.2 Å². The maximum absolute atomic E-state index is 12.0. The maximum atomic E-state index is 12.0. The predicted octanol–water partition coefficient (Wildman–Crippen LogP) is 1.90. The normalized spacial score (nSPS) is 13.8. The first-order chi connectivity index (χ1) is 8.06. The Morgan fingerprint density at radius 3 is 2.94 bits per heavy atom. The molecule has 0 saturated carbocycles. The highest BCUT2D eigenvalue weighted by Gasteiger charge is 2.25. The van der Waals surface area contributed by atoms with E-state index in [-0.39, 0.29) is 12.5 Å². The van der Waals surface area contributed by atoms with Crippen molar-refractivity contribution in [2.45, 2.75) is 32.2 Å². The van der Waals surface area contributed by atoms with E-state index in [4.69, 9.17) is 10.4 Å². The predicted molar refractivity (Wildman–Crippen MR) is 66.9 cm³/mol. The van der Waals surface area contributed by atoms with Crippen LogP contribution in [0.1, 0.15) is 41.9 Å². The highest BCUT2D eigenvalue weighted by molar-refractivity contribution is 7.12. The van der Waals surface area contributed by atoms with Crippen LogP contribution in [0, 0.1) is 11.3 Å². The lowest BCUT2D eigenvalue weighted by Crippen LogP contribution is -2.46. The summed E-state index contributed by atoms with van der Waals surface area (Å²) < 4.78 is 0. The zero-order valence-electron chi connectivity index (χ0n) is 9.99. The Balaban J connectivity index is 2.82. The van der Waals surface area contributed by atoms with Gasteiger partial charge in [0.25, 0.3) is 5.91 Å². The van der Waals surface area contributed by atoms with Gasteiger partial charge >= 0.3 is 0 Å². The molecule has 0 aliphatic heterocycles. The van der Waals surface area contributed by atoms with Crippen molar-refractivity contribution < 1.29 is 9.90 Å². The van der Waals surface area contributed by atoms with Gasteiger partial charge in [-0.25, -0.2) is 0 Å². The van der Waals surface area contributed by atoms with Crippen LogP contribution in [0.25, 0.3) is 0 Å². The molecule has 1 heterocycles. The number of rotatable bonds is 5. The minimum absolute atomic E-state index is 0.0279. The molecule has 5 heteroatoms. The molecule has 0 aliphatic carbocycles. The first-order valence-corrected chi connectivity index (χ1v) is 6.35. The van der Waals surface area contributed by atoms with E-state index in [1.807, 2.05) is 19.9 Å². The van der Waals surface area contributed by atoms with Gasteiger partial charge in [0.2, 0.25) is 0 Å². The Morgan fingerprint density at radius 1 is 1.71 bits per heavy atom. The lowest BCUT2D eigenvalue weighted by molar-refractivity contribution is 0.0890. The largest absolute Gasteiger partial charge is 0.396 e. The lowest BCUT2D eigenvalue weighted by Gasteiger charge is -2.28. The summed E-state index contributed by atoms with van der Waals surface area (Å²) in [6.07, 6.45) is 1.23. The number of hydrogen-bond donors (Lipinski definition) is 2. The number of nitrogens with zero attached hydrogens (tertiary/aromatic N) is 1. The number of amides is 1. The van der Waals surface area contributed by atoms with Gasteiger partial charge in [-0.15, -0.1) is 11.3 Å². The highest BCUT2D eigenvalue weighted by Crippen LogP contribution is 2.19. The lowest BCUT2D eigenvalue weighted by atomic mass is 9.95. The van der Waals surface area contributed by atoms with E-state index in [9.17, 15) is 4.79 Å². The highest BCUT2D eigenvalue weighted by atomic mass is 32.1. The molecule has 0 bridgehead atoms. The molecule has 17 heavy (non-hydrogen) atoms. The average Bonchev–Trinajstić information content (AvgIpc) is 2.77. The number of carbonyl (C=O) groups is 1. The zero-order valence-corrected chi connectivity index (χ0v) is 10.8. The van der Waals surface area contributed by atoms with Crippen molar-refractivity contribution in [3.63, 3.8) is 0 Å². The average molecular weight is 252 g/mol. The summed E-state index contributed by atoms with van der Waals surface area (Å²) in [7, 11) is 0. The molecule has 1 aromatic heterocycles. The summed E-state index contributed by atoms with van der Waals surface area (Å²) in [6, 6.07) is 3.63. The summed E-state index contributed by atoms with van der Waals surface area (Å²) in [4.78, 5) is 12.4. The van der Waals surface area contributed by atoms with Crippen LogP contribution in [0.15, 0.2) is 11.4 Å². The SMILES string of the molecule is CCC(C)(CCO)NC(=O)c1sccc1C#N. The van der Waals surface area contributed by atoms with Crippen LogP contribution in [0.3, 0.4) is 0 Å². The molecular formula is C12H16N2O2S. The van der Waals surface area contributed by atoms with Crippen molar-refractivity contribution in [3.8, 4) is 6.07 Å². The number of thiophene rings is 1. The van der Waals surface area contributed by atoms with Crippen LogP contribution < -0.4 is 5.32 Å². The molecule has 1 unspecified atom stereocenters. The Labute approximate surface area is 105 Å². The van der Waals surface area contributed by atoms with Gasteiger partial charge in [0, 0.05) is 12.1 Å². The van der Waals surface area contributed by atoms with Crippen LogP contribution in [0.4, 0.5) is 0 Å². The molecule has 1 aromatic rings. The molecule has 92 valence electrons. The van der Waals surface area contributed by atoms with Gasteiger partial charge in [0.15, 0.2) is 0 Å². The van der Waals surface area contributed by atoms with E-state index in [0.29, 0.717) is 16.9 Å². The van der Waals surface area contributed by atoms with Gasteiger partial charge < -0.3 is 10.4 Å². The molecule has 1 amide bonds. The summed E-state index contributed by atoms with van der Waals surface area (Å²) in [6.45, 7) is 3.87. The van der Waals surface area contributed by atoms with Crippen LogP contribution in [0.2, 0.25) is 0 Å². The number of carbonyl (C=O) groups excluding carboxylic acids is 1. The number of nitriles is 1. The zero-order chi connectivity index (χ0) is 12.9. The van der Waals surface area contributed by atoms with Crippen LogP contribution >= 0.6 is 11.3 Å². The molecule has 2 N–H and O–H groups in total. The molecule has 1 rings (SSSR count). The molecule has 1 atom stereocenters. The first-order valence-electron chi connectivity index (χ1n) is 5.47. The van der Waals surface area contributed by atoms with E-state index < -0.39 is 5.54 Å².